The standard InChI is InChI=1S/C16H10F3N/c17-16(18,19)15-9-5-4-8-14(15)13(11-20)10-12-6-2-1-3-7-12/h1-10H/b13-10-. The van der Waals surface area contributed by atoms with E-state index in [2.05, 4.69) is 0 Å². The zero-order valence-corrected chi connectivity index (χ0v) is 10.4. The molecule has 0 atom stereocenters. The Kier molecular flexibility index (Phi) is 3.90. The van der Waals surface area contributed by atoms with Gasteiger partial charge in [-0.25, -0.2) is 0 Å². The Labute approximate surface area is 114 Å². The molecular weight excluding hydrogens is 263 g/mol. The van der Waals surface area contributed by atoms with Crippen LogP contribution in [0.3, 0.4) is 0 Å². The topological polar surface area (TPSA) is 23.8 Å². The number of nitriles is 1. The van der Waals surface area contributed by atoms with Crippen LogP contribution in [0, 0.1) is 11.3 Å². The Morgan fingerprint density at radius 2 is 1.55 bits per heavy atom. The van der Waals surface area contributed by atoms with Gasteiger partial charge in [0.05, 0.1) is 17.2 Å². The minimum Gasteiger partial charge on any atom is -0.192 e. The fourth-order valence-corrected chi connectivity index (χ4v) is 1.85. The molecule has 0 N–H and O–H groups in total. The van der Waals surface area contributed by atoms with Crippen molar-refractivity contribution in [3.63, 3.8) is 0 Å². The Bertz CT molecular complexity index is 664. The van der Waals surface area contributed by atoms with Gasteiger partial charge in [0.15, 0.2) is 0 Å². The fourth-order valence-electron chi connectivity index (χ4n) is 1.85. The highest BCUT2D eigenvalue weighted by molar-refractivity contribution is 5.90. The minimum atomic E-state index is -4.48. The highest BCUT2D eigenvalue weighted by atomic mass is 19.4. The van der Waals surface area contributed by atoms with Crippen molar-refractivity contribution in [3.05, 3.63) is 71.3 Å². The van der Waals surface area contributed by atoms with Gasteiger partial charge in [-0.2, -0.15) is 18.4 Å². The molecule has 0 aliphatic heterocycles. The van der Waals surface area contributed by atoms with Crippen molar-refractivity contribution in [1.82, 2.24) is 0 Å². The van der Waals surface area contributed by atoms with Gasteiger partial charge >= 0.3 is 6.18 Å². The molecule has 0 unspecified atom stereocenters. The quantitative estimate of drug-likeness (QED) is 0.571. The first-order chi connectivity index (χ1) is 9.52. The van der Waals surface area contributed by atoms with Crippen LogP contribution in [0.2, 0.25) is 0 Å². The molecule has 0 fully saturated rings. The van der Waals surface area contributed by atoms with Gasteiger partial charge in [-0.05, 0) is 17.7 Å². The number of nitrogens with zero attached hydrogens (tertiary/aromatic N) is 1. The maximum Gasteiger partial charge on any atom is 0.417 e. The van der Waals surface area contributed by atoms with E-state index in [1.807, 2.05) is 6.07 Å². The van der Waals surface area contributed by atoms with E-state index in [4.69, 9.17) is 5.26 Å². The summed E-state index contributed by atoms with van der Waals surface area (Å²) in [5.74, 6) is 0. The van der Waals surface area contributed by atoms with Gasteiger partial charge in [0.25, 0.3) is 0 Å². The maximum atomic E-state index is 12.9. The largest absolute Gasteiger partial charge is 0.417 e. The first-order valence-electron chi connectivity index (χ1n) is 5.86. The van der Waals surface area contributed by atoms with Crippen LogP contribution in [0.25, 0.3) is 11.6 Å². The summed E-state index contributed by atoms with van der Waals surface area (Å²) >= 11 is 0. The number of hydrogen-bond donors (Lipinski definition) is 0. The summed E-state index contributed by atoms with van der Waals surface area (Å²) < 4.78 is 38.8. The third-order valence-electron chi connectivity index (χ3n) is 2.75. The van der Waals surface area contributed by atoms with Crippen LogP contribution >= 0.6 is 0 Å². The number of alkyl halides is 3. The predicted octanol–water partition coefficient (Wildman–Crippen LogP) is 4.77. The molecule has 1 nitrogen and oxygen atoms in total. The molecule has 0 heterocycles. The zero-order chi connectivity index (χ0) is 14.6. The first-order valence-corrected chi connectivity index (χ1v) is 5.86. The van der Waals surface area contributed by atoms with E-state index in [1.165, 1.54) is 24.3 Å². The van der Waals surface area contributed by atoms with Crippen LogP contribution in [-0.2, 0) is 6.18 Å². The normalized spacial score (nSPS) is 12.0. The molecule has 100 valence electrons. The van der Waals surface area contributed by atoms with Crippen molar-refractivity contribution < 1.29 is 13.2 Å². The van der Waals surface area contributed by atoms with Crippen LogP contribution in [0.4, 0.5) is 13.2 Å². The van der Waals surface area contributed by atoms with Gasteiger partial charge in [-0.15, -0.1) is 0 Å². The Morgan fingerprint density at radius 3 is 2.15 bits per heavy atom. The maximum absolute atomic E-state index is 12.9. The van der Waals surface area contributed by atoms with Gasteiger partial charge < -0.3 is 0 Å². The number of allylic oxidation sites excluding steroid dienone is 1. The summed E-state index contributed by atoms with van der Waals surface area (Å²) in [6.45, 7) is 0. The zero-order valence-electron chi connectivity index (χ0n) is 10.4. The van der Waals surface area contributed by atoms with Crippen LogP contribution < -0.4 is 0 Å². The number of rotatable bonds is 2. The van der Waals surface area contributed by atoms with E-state index in [9.17, 15) is 13.2 Å². The average molecular weight is 273 g/mol. The van der Waals surface area contributed by atoms with Crippen LogP contribution in [0.15, 0.2) is 54.6 Å². The van der Waals surface area contributed by atoms with Crippen molar-refractivity contribution in [2.75, 3.05) is 0 Å². The highest BCUT2D eigenvalue weighted by Gasteiger charge is 2.33. The van der Waals surface area contributed by atoms with E-state index in [0.29, 0.717) is 5.56 Å². The molecule has 0 aliphatic carbocycles. The molecule has 0 radical (unpaired) electrons. The Morgan fingerprint density at radius 1 is 0.950 bits per heavy atom. The van der Waals surface area contributed by atoms with Gasteiger partial charge in [-0.1, -0.05) is 48.5 Å². The summed E-state index contributed by atoms with van der Waals surface area (Å²) in [6, 6.07) is 15.7. The number of benzene rings is 2. The molecule has 20 heavy (non-hydrogen) atoms. The molecule has 2 aromatic rings. The number of halogens is 3. The van der Waals surface area contributed by atoms with Gasteiger partial charge in [0.1, 0.15) is 0 Å². The lowest BCUT2D eigenvalue weighted by Gasteiger charge is -2.11. The molecule has 0 aliphatic rings. The summed E-state index contributed by atoms with van der Waals surface area (Å²) in [7, 11) is 0. The SMILES string of the molecule is N#C/C(=C/c1ccccc1)c1ccccc1C(F)(F)F. The van der Waals surface area contributed by atoms with Crippen molar-refractivity contribution >= 4 is 11.6 Å². The molecule has 0 bridgehead atoms. The van der Waals surface area contributed by atoms with Gasteiger partial charge in [0, 0.05) is 5.56 Å². The Hall–Kier alpha value is -2.54. The van der Waals surface area contributed by atoms with E-state index < -0.39 is 11.7 Å². The summed E-state index contributed by atoms with van der Waals surface area (Å²) in [5.41, 5.74) is -0.236. The van der Waals surface area contributed by atoms with Gasteiger partial charge in [0.2, 0.25) is 0 Å². The van der Waals surface area contributed by atoms with E-state index in [-0.39, 0.29) is 11.1 Å². The lowest BCUT2D eigenvalue weighted by molar-refractivity contribution is -0.137. The van der Waals surface area contributed by atoms with Crippen LogP contribution in [-0.4, -0.2) is 0 Å². The van der Waals surface area contributed by atoms with Gasteiger partial charge in [-0.3, -0.25) is 0 Å². The summed E-state index contributed by atoms with van der Waals surface area (Å²) in [5, 5.41) is 9.15. The highest BCUT2D eigenvalue weighted by Crippen LogP contribution is 2.35. The molecule has 2 rings (SSSR count). The second-order valence-electron chi connectivity index (χ2n) is 4.12. The lowest BCUT2D eigenvalue weighted by Crippen LogP contribution is -2.08. The average Bonchev–Trinajstić information content (AvgIpc) is 2.45. The summed E-state index contributed by atoms with van der Waals surface area (Å²) in [6.07, 6.45) is -3.03. The molecule has 4 heteroatoms. The van der Waals surface area contributed by atoms with Crippen molar-refractivity contribution in [3.8, 4) is 6.07 Å². The van der Waals surface area contributed by atoms with E-state index >= 15 is 0 Å². The molecule has 0 saturated carbocycles. The van der Waals surface area contributed by atoms with Crippen molar-refractivity contribution in [1.29, 1.82) is 5.26 Å². The second-order valence-corrected chi connectivity index (χ2v) is 4.12. The lowest BCUT2D eigenvalue weighted by atomic mass is 9.98. The van der Waals surface area contributed by atoms with E-state index in [1.54, 1.807) is 30.3 Å². The molecule has 0 spiro atoms. The molecule has 0 aromatic heterocycles. The van der Waals surface area contributed by atoms with Crippen molar-refractivity contribution in [2.24, 2.45) is 0 Å². The third-order valence-corrected chi connectivity index (χ3v) is 2.75. The Balaban J connectivity index is 2.55. The number of hydrogen-bond acceptors (Lipinski definition) is 1. The molecular formula is C16H10F3N. The van der Waals surface area contributed by atoms with Crippen molar-refractivity contribution in [2.45, 2.75) is 6.18 Å². The second kappa shape index (κ2) is 5.62. The first kappa shape index (κ1) is 13.9. The fraction of sp³-hybridized carbons (Fsp3) is 0.0625. The smallest absolute Gasteiger partial charge is 0.192 e. The molecule has 2 aromatic carbocycles. The molecule has 0 amide bonds. The van der Waals surface area contributed by atoms with Crippen LogP contribution in [0.5, 0.6) is 0 Å². The monoisotopic (exact) mass is 273 g/mol. The molecule has 0 saturated heterocycles. The summed E-state index contributed by atoms with van der Waals surface area (Å²) in [4.78, 5) is 0. The third kappa shape index (κ3) is 3.07. The predicted molar refractivity (Wildman–Crippen MR) is 71.4 cm³/mol. The van der Waals surface area contributed by atoms with Crippen LogP contribution in [0.1, 0.15) is 16.7 Å². The van der Waals surface area contributed by atoms with E-state index in [0.717, 1.165) is 6.07 Å². The minimum absolute atomic E-state index is 0.0101.